The zero-order valence-corrected chi connectivity index (χ0v) is 6.41. The molecule has 0 saturated carbocycles. The van der Waals surface area contributed by atoms with Crippen LogP contribution in [-0.4, -0.2) is 25.9 Å². The van der Waals surface area contributed by atoms with Gasteiger partial charge in [0.25, 0.3) is 0 Å². The molecule has 0 bridgehead atoms. The third kappa shape index (κ3) is 1.01. The van der Waals surface area contributed by atoms with Gasteiger partial charge in [-0.05, 0) is 0 Å². The number of rotatable bonds is 1. The molecule has 4 nitrogen and oxygen atoms in total. The van der Waals surface area contributed by atoms with Gasteiger partial charge in [0, 0.05) is 18.9 Å². The number of thioether (sulfide) groups is 1. The van der Waals surface area contributed by atoms with Crippen molar-refractivity contribution in [1.82, 2.24) is 9.55 Å². The van der Waals surface area contributed by atoms with E-state index in [4.69, 9.17) is 5.11 Å². The van der Waals surface area contributed by atoms with Crippen LogP contribution in [0.4, 0.5) is 0 Å². The third-order valence-electron chi connectivity index (χ3n) is 1.56. The second kappa shape index (κ2) is 2.27. The van der Waals surface area contributed by atoms with Crippen molar-refractivity contribution in [2.45, 2.75) is 17.0 Å². The Morgan fingerprint density at radius 3 is 3.36 bits per heavy atom. The lowest BCUT2D eigenvalue weighted by atomic mass is 10.4. The highest BCUT2D eigenvalue weighted by Crippen LogP contribution is 2.29. The Morgan fingerprint density at radius 1 is 1.91 bits per heavy atom. The Balaban J connectivity index is 2.22. The standard InChI is InChI=1S/C6H6N2O2S/c9-5(10)4-3-8-2-1-7-6(8)11-4/h1-2,4H,3H2,(H,9,10). The summed E-state index contributed by atoms with van der Waals surface area (Å²) in [4.78, 5) is 14.5. The molecule has 1 aliphatic heterocycles. The lowest BCUT2D eigenvalue weighted by molar-refractivity contribution is -0.136. The fourth-order valence-corrected chi connectivity index (χ4v) is 2.01. The van der Waals surface area contributed by atoms with Gasteiger partial charge in [0.05, 0.1) is 0 Å². The summed E-state index contributed by atoms with van der Waals surface area (Å²) in [5.41, 5.74) is 0. The highest BCUT2D eigenvalue weighted by molar-refractivity contribution is 8.00. The second-order valence-corrected chi connectivity index (χ2v) is 3.48. The van der Waals surface area contributed by atoms with Crippen LogP contribution in [0.3, 0.4) is 0 Å². The van der Waals surface area contributed by atoms with E-state index in [1.165, 1.54) is 11.8 Å². The van der Waals surface area contributed by atoms with Crippen LogP contribution in [0.1, 0.15) is 0 Å². The fourth-order valence-electron chi connectivity index (χ4n) is 1.02. The molecular formula is C6H6N2O2S. The average Bonchev–Trinajstić information content (AvgIpc) is 2.40. The monoisotopic (exact) mass is 170 g/mol. The van der Waals surface area contributed by atoms with Crippen molar-refractivity contribution in [2.24, 2.45) is 0 Å². The Morgan fingerprint density at radius 2 is 2.73 bits per heavy atom. The summed E-state index contributed by atoms with van der Waals surface area (Å²) in [6.45, 7) is 0.537. The van der Waals surface area contributed by atoms with E-state index in [2.05, 4.69) is 4.98 Å². The van der Waals surface area contributed by atoms with E-state index in [9.17, 15) is 4.79 Å². The van der Waals surface area contributed by atoms with Gasteiger partial charge < -0.3 is 9.67 Å². The lowest BCUT2D eigenvalue weighted by Crippen LogP contribution is -2.16. The fraction of sp³-hybridized carbons (Fsp3) is 0.333. The van der Waals surface area contributed by atoms with Gasteiger partial charge in [0.1, 0.15) is 5.25 Å². The Bertz CT molecular complexity index is 276. The summed E-state index contributed by atoms with van der Waals surface area (Å²) in [5.74, 6) is -0.763. The molecule has 1 N–H and O–H groups in total. The molecule has 0 aliphatic carbocycles. The lowest BCUT2D eigenvalue weighted by Gasteiger charge is -1.97. The minimum Gasteiger partial charge on any atom is -0.480 e. The van der Waals surface area contributed by atoms with Crippen molar-refractivity contribution < 1.29 is 9.90 Å². The highest BCUT2D eigenvalue weighted by atomic mass is 32.2. The van der Waals surface area contributed by atoms with E-state index >= 15 is 0 Å². The molecule has 1 aromatic heterocycles. The first-order valence-corrected chi connectivity index (χ1v) is 4.06. The molecule has 1 aliphatic rings. The van der Waals surface area contributed by atoms with Crippen LogP contribution < -0.4 is 0 Å². The molecule has 0 saturated heterocycles. The molecule has 0 aromatic carbocycles. The van der Waals surface area contributed by atoms with Gasteiger partial charge in [-0.2, -0.15) is 0 Å². The van der Waals surface area contributed by atoms with Crippen LogP contribution in [0.2, 0.25) is 0 Å². The molecule has 2 heterocycles. The van der Waals surface area contributed by atoms with Crippen molar-refractivity contribution in [3.8, 4) is 0 Å². The molecular weight excluding hydrogens is 164 g/mol. The predicted octanol–water partition coefficient (Wildman–Crippen LogP) is 0.442. The molecule has 0 spiro atoms. The van der Waals surface area contributed by atoms with E-state index in [-0.39, 0.29) is 5.25 Å². The summed E-state index contributed by atoms with van der Waals surface area (Å²) in [7, 11) is 0. The van der Waals surface area contributed by atoms with Gasteiger partial charge in [-0.15, -0.1) is 0 Å². The van der Waals surface area contributed by atoms with E-state index in [1.807, 2.05) is 4.57 Å². The second-order valence-electron chi connectivity index (χ2n) is 2.31. The maximum Gasteiger partial charge on any atom is 0.318 e. The number of imidazole rings is 1. The topological polar surface area (TPSA) is 55.1 Å². The highest BCUT2D eigenvalue weighted by Gasteiger charge is 2.28. The van der Waals surface area contributed by atoms with E-state index < -0.39 is 5.97 Å². The smallest absolute Gasteiger partial charge is 0.318 e. The van der Waals surface area contributed by atoms with Crippen molar-refractivity contribution in [2.75, 3.05) is 0 Å². The van der Waals surface area contributed by atoms with Gasteiger partial charge >= 0.3 is 5.97 Å². The minimum atomic E-state index is -0.763. The van der Waals surface area contributed by atoms with Gasteiger partial charge in [-0.25, -0.2) is 4.98 Å². The molecule has 0 fully saturated rings. The summed E-state index contributed by atoms with van der Waals surface area (Å²) in [6.07, 6.45) is 3.48. The first kappa shape index (κ1) is 6.72. The summed E-state index contributed by atoms with van der Waals surface area (Å²) >= 11 is 1.30. The SMILES string of the molecule is O=C(O)C1Cn2ccnc2S1. The molecule has 1 aromatic rings. The number of fused-ring (bicyclic) bond motifs is 1. The van der Waals surface area contributed by atoms with Crippen LogP contribution in [0.15, 0.2) is 17.6 Å². The zero-order valence-electron chi connectivity index (χ0n) is 5.60. The van der Waals surface area contributed by atoms with Crippen molar-refractivity contribution in [3.05, 3.63) is 12.4 Å². The number of carboxylic acids is 1. The van der Waals surface area contributed by atoms with Gasteiger partial charge in [-0.1, -0.05) is 11.8 Å². The molecule has 1 unspecified atom stereocenters. The molecule has 58 valence electrons. The molecule has 0 radical (unpaired) electrons. The van der Waals surface area contributed by atoms with Crippen molar-refractivity contribution in [1.29, 1.82) is 0 Å². The van der Waals surface area contributed by atoms with E-state index in [0.717, 1.165) is 5.16 Å². The van der Waals surface area contributed by atoms with E-state index in [1.54, 1.807) is 12.4 Å². The van der Waals surface area contributed by atoms with Crippen LogP contribution in [-0.2, 0) is 11.3 Å². The normalized spacial score (nSPS) is 21.6. The summed E-state index contributed by atoms with van der Waals surface area (Å²) < 4.78 is 1.85. The summed E-state index contributed by atoms with van der Waals surface area (Å²) in [6, 6.07) is 0. The molecule has 0 amide bonds. The molecule has 2 rings (SSSR count). The van der Waals surface area contributed by atoms with Crippen molar-refractivity contribution in [3.63, 3.8) is 0 Å². The van der Waals surface area contributed by atoms with Crippen LogP contribution >= 0.6 is 11.8 Å². The average molecular weight is 170 g/mol. The molecule has 11 heavy (non-hydrogen) atoms. The predicted molar refractivity (Wildman–Crippen MR) is 39.5 cm³/mol. The van der Waals surface area contributed by atoms with Gasteiger partial charge in [0.15, 0.2) is 5.16 Å². The first-order valence-electron chi connectivity index (χ1n) is 3.18. The number of nitrogens with zero attached hydrogens (tertiary/aromatic N) is 2. The molecule has 1 atom stereocenters. The first-order chi connectivity index (χ1) is 5.27. The Hall–Kier alpha value is -0.970. The molecule has 5 heteroatoms. The maximum atomic E-state index is 10.5. The van der Waals surface area contributed by atoms with E-state index in [0.29, 0.717) is 6.54 Å². The largest absolute Gasteiger partial charge is 0.480 e. The van der Waals surface area contributed by atoms with Gasteiger partial charge in [0.2, 0.25) is 0 Å². The van der Waals surface area contributed by atoms with Crippen LogP contribution in [0.25, 0.3) is 0 Å². The number of carbonyl (C=O) groups is 1. The number of carboxylic acid groups (broad SMARTS) is 1. The minimum absolute atomic E-state index is 0.348. The van der Waals surface area contributed by atoms with Crippen LogP contribution in [0, 0.1) is 0 Å². The van der Waals surface area contributed by atoms with Crippen molar-refractivity contribution >= 4 is 17.7 Å². The van der Waals surface area contributed by atoms with Gasteiger partial charge in [-0.3, -0.25) is 4.79 Å². The maximum absolute atomic E-state index is 10.5. The number of hydrogen-bond acceptors (Lipinski definition) is 3. The summed E-state index contributed by atoms with van der Waals surface area (Å²) in [5, 5.41) is 9.10. The van der Waals surface area contributed by atoms with Crippen LogP contribution in [0.5, 0.6) is 0 Å². The quantitative estimate of drug-likeness (QED) is 0.664. The number of hydrogen-bond donors (Lipinski definition) is 1. The zero-order chi connectivity index (χ0) is 7.84. The Kier molecular flexibility index (Phi) is 1.38. The Labute approximate surface area is 67.2 Å². The number of aliphatic carboxylic acids is 1. The number of aromatic nitrogens is 2. The third-order valence-corrected chi connectivity index (χ3v) is 2.75.